The van der Waals surface area contributed by atoms with Gasteiger partial charge in [-0.1, -0.05) is 11.6 Å². The Morgan fingerprint density at radius 2 is 2.09 bits per heavy atom. The van der Waals surface area contributed by atoms with Crippen molar-refractivity contribution in [3.63, 3.8) is 0 Å². The second kappa shape index (κ2) is 10.2. The van der Waals surface area contributed by atoms with Crippen molar-refractivity contribution >= 4 is 45.0 Å². The molecule has 1 aromatic carbocycles. The minimum Gasteiger partial charge on any atom is -0.494 e. The lowest BCUT2D eigenvalue weighted by Gasteiger charge is -2.18. The second-order valence-electron chi connectivity index (χ2n) is 8.23. The summed E-state index contributed by atoms with van der Waals surface area (Å²) in [5.74, 6) is -1.10. The molecule has 2 N–H and O–H groups in total. The highest BCUT2D eigenvalue weighted by Gasteiger charge is 2.26. The van der Waals surface area contributed by atoms with E-state index in [9.17, 15) is 23.6 Å². The number of nitrogens with zero attached hydrogens (tertiary/aromatic N) is 2. The van der Waals surface area contributed by atoms with E-state index < -0.39 is 23.1 Å². The zero-order chi connectivity index (χ0) is 25.3. The van der Waals surface area contributed by atoms with Gasteiger partial charge in [0.25, 0.3) is 5.56 Å². The number of fused-ring (bicyclic) bond motifs is 1. The Kier molecular flexibility index (Phi) is 7.27. The predicted molar refractivity (Wildman–Crippen MR) is 132 cm³/mol. The number of methoxy groups -OCH3 is 1. The summed E-state index contributed by atoms with van der Waals surface area (Å²) in [6.07, 6.45) is 1.14. The van der Waals surface area contributed by atoms with E-state index in [1.165, 1.54) is 24.7 Å². The van der Waals surface area contributed by atoms with Gasteiger partial charge in [-0.25, -0.2) is 9.18 Å². The van der Waals surface area contributed by atoms with Gasteiger partial charge in [0.15, 0.2) is 11.6 Å². The standard InChI is InChI=1S/C23H24ClFN4O5S/c1-12(30)26-6-7-28-17-11-19(14-9-18(34-2)16(25)10-15(14)24)35-21(17)22(32)29(23(28)33)13-4-3-5-27-20(31)8-13/h9-11,13H,3-8H2,1-2H3,(H,26,30)(H,27,31)/t13-/m1/s1. The third-order valence-electron chi connectivity index (χ3n) is 5.89. The molecule has 35 heavy (non-hydrogen) atoms. The topological polar surface area (TPSA) is 111 Å². The smallest absolute Gasteiger partial charge is 0.331 e. The molecular weight excluding hydrogens is 499 g/mol. The number of hydrogen-bond acceptors (Lipinski definition) is 6. The maximum absolute atomic E-state index is 14.1. The summed E-state index contributed by atoms with van der Waals surface area (Å²) in [7, 11) is 1.34. The van der Waals surface area contributed by atoms with Crippen molar-refractivity contribution in [3.05, 3.63) is 49.9 Å². The maximum atomic E-state index is 14.1. The maximum Gasteiger partial charge on any atom is 0.331 e. The molecule has 1 aliphatic rings. The molecule has 2 aromatic heterocycles. The van der Waals surface area contributed by atoms with Crippen molar-refractivity contribution < 1.29 is 18.7 Å². The summed E-state index contributed by atoms with van der Waals surface area (Å²) in [6.45, 7) is 2.14. The molecule has 0 radical (unpaired) electrons. The molecule has 3 heterocycles. The van der Waals surface area contributed by atoms with Crippen molar-refractivity contribution in [2.24, 2.45) is 0 Å². The zero-order valence-electron chi connectivity index (χ0n) is 19.2. The number of carbonyl (C=O) groups is 2. The number of amides is 2. The minimum absolute atomic E-state index is 0.00761. The quantitative estimate of drug-likeness (QED) is 0.517. The number of hydrogen-bond donors (Lipinski definition) is 2. The molecule has 0 bridgehead atoms. The molecule has 0 spiro atoms. The summed E-state index contributed by atoms with van der Waals surface area (Å²) < 4.78 is 22.0. The molecule has 3 aromatic rings. The molecule has 1 aliphatic heterocycles. The number of halogens is 2. The van der Waals surface area contributed by atoms with Crippen molar-refractivity contribution in [2.75, 3.05) is 20.2 Å². The Hall–Kier alpha value is -3.18. The van der Waals surface area contributed by atoms with Gasteiger partial charge < -0.3 is 15.4 Å². The van der Waals surface area contributed by atoms with E-state index >= 15 is 0 Å². The van der Waals surface area contributed by atoms with Gasteiger partial charge in [0.2, 0.25) is 11.8 Å². The number of aromatic nitrogens is 2. The van der Waals surface area contributed by atoms with Gasteiger partial charge in [-0.05, 0) is 31.0 Å². The van der Waals surface area contributed by atoms with Crippen molar-refractivity contribution in [3.8, 4) is 16.2 Å². The third kappa shape index (κ3) is 4.96. The van der Waals surface area contributed by atoms with Crippen molar-refractivity contribution in [1.29, 1.82) is 0 Å². The lowest BCUT2D eigenvalue weighted by molar-refractivity contribution is -0.121. The summed E-state index contributed by atoms with van der Waals surface area (Å²) in [5, 5.41) is 5.55. The zero-order valence-corrected chi connectivity index (χ0v) is 20.7. The average Bonchev–Trinajstić information content (AvgIpc) is 3.12. The van der Waals surface area contributed by atoms with Crippen LogP contribution >= 0.6 is 22.9 Å². The van der Waals surface area contributed by atoms with Crippen LogP contribution in [0.2, 0.25) is 5.02 Å². The lowest BCUT2D eigenvalue weighted by Crippen LogP contribution is -2.43. The van der Waals surface area contributed by atoms with E-state index in [-0.39, 0.29) is 42.1 Å². The Balaban J connectivity index is 1.93. The van der Waals surface area contributed by atoms with Gasteiger partial charge in [0.1, 0.15) is 4.70 Å². The Bertz CT molecular complexity index is 1430. The summed E-state index contributed by atoms with van der Waals surface area (Å²) in [5.41, 5.74) is -0.229. The molecule has 12 heteroatoms. The van der Waals surface area contributed by atoms with E-state index in [0.717, 1.165) is 22.0 Å². The first-order valence-electron chi connectivity index (χ1n) is 11.0. The monoisotopic (exact) mass is 522 g/mol. The third-order valence-corrected chi connectivity index (χ3v) is 7.35. The minimum atomic E-state index is -0.622. The van der Waals surface area contributed by atoms with Crippen LogP contribution in [0.15, 0.2) is 27.8 Å². The van der Waals surface area contributed by atoms with Gasteiger partial charge in [0, 0.05) is 43.4 Å². The van der Waals surface area contributed by atoms with Crippen LogP contribution in [0, 0.1) is 5.82 Å². The van der Waals surface area contributed by atoms with Gasteiger partial charge >= 0.3 is 5.69 Å². The fraction of sp³-hybridized carbons (Fsp3) is 0.391. The highest BCUT2D eigenvalue weighted by molar-refractivity contribution is 7.22. The Morgan fingerprint density at radius 1 is 1.31 bits per heavy atom. The Labute approximate surface area is 208 Å². The summed E-state index contributed by atoms with van der Waals surface area (Å²) >= 11 is 7.42. The number of carbonyl (C=O) groups excluding carboxylic acids is 2. The molecule has 186 valence electrons. The molecule has 4 rings (SSSR count). The van der Waals surface area contributed by atoms with Crippen LogP contribution in [0.5, 0.6) is 5.75 Å². The lowest BCUT2D eigenvalue weighted by atomic mass is 10.1. The first-order chi connectivity index (χ1) is 16.7. The molecule has 0 unspecified atom stereocenters. The van der Waals surface area contributed by atoms with E-state index in [4.69, 9.17) is 16.3 Å². The highest BCUT2D eigenvalue weighted by Crippen LogP contribution is 2.39. The van der Waals surface area contributed by atoms with Crippen LogP contribution < -0.4 is 26.6 Å². The number of ether oxygens (including phenoxy) is 1. The molecule has 1 fully saturated rings. The van der Waals surface area contributed by atoms with Crippen LogP contribution in [-0.2, 0) is 16.1 Å². The normalized spacial score (nSPS) is 16.1. The highest BCUT2D eigenvalue weighted by atomic mass is 35.5. The van der Waals surface area contributed by atoms with Gasteiger partial charge in [-0.3, -0.25) is 23.5 Å². The Morgan fingerprint density at radius 3 is 2.80 bits per heavy atom. The molecule has 1 saturated heterocycles. The first-order valence-corrected chi connectivity index (χ1v) is 12.2. The van der Waals surface area contributed by atoms with E-state index in [1.807, 2.05) is 0 Å². The van der Waals surface area contributed by atoms with Crippen LogP contribution in [0.4, 0.5) is 4.39 Å². The van der Waals surface area contributed by atoms with Crippen LogP contribution in [0.1, 0.15) is 32.2 Å². The molecule has 2 amide bonds. The van der Waals surface area contributed by atoms with Gasteiger partial charge in [0.05, 0.1) is 23.7 Å². The van der Waals surface area contributed by atoms with E-state index in [0.29, 0.717) is 40.0 Å². The molecule has 9 nitrogen and oxygen atoms in total. The van der Waals surface area contributed by atoms with Gasteiger partial charge in [-0.2, -0.15) is 0 Å². The first kappa shape index (κ1) is 24.9. The van der Waals surface area contributed by atoms with Crippen LogP contribution in [-0.4, -0.2) is 41.1 Å². The van der Waals surface area contributed by atoms with Crippen molar-refractivity contribution in [1.82, 2.24) is 19.8 Å². The molecule has 0 aliphatic carbocycles. The number of thiophene rings is 1. The second-order valence-corrected chi connectivity index (χ2v) is 9.69. The van der Waals surface area contributed by atoms with Crippen molar-refractivity contribution in [2.45, 2.75) is 38.8 Å². The fourth-order valence-electron chi connectivity index (χ4n) is 4.23. The van der Waals surface area contributed by atoms with E-state index in [2.05, 4.69) is 10.6 Å². The molecule has 0 saturated carbocycles. The summed E-state index contributed by atoms with van der Waals surface area (Å²) in [4.78, 5) is 51.2. The van der Waals surface area contributed by atoms with Crippen LogP contribution in [0.25, 0.3) is 20.7 Å². The SMILES string of the molecule is COc1cc(-c2cc3c(s2)c(=O)n([C@@H]2CCCNC(=O)C2)c(=O)n3CCNC(C)=O)c(Cl)cc1F. The average molecular weight is 523 g/mol. The summed E-state index contributed by atoms with van der Waals surface area (Å²) in [6, 6.07) is 3.64. The number of benzene rings is 1. The number of nitrogens with one attached hydrogen (secondary N) is 2. The fourth-order valence-corrected chi connectivity index (χ4v) is 5.66. The molecule has 1 atom stereocenters. The van der Waals surface area contributed by atoms with E-state index in [1.54, 1.807) is 6.07 Å². The van der Waals surface area contributed by atoms with Gasteiger partial charge in [-0.15, -0.1) is 11.3 Å². The number of rotatable bonds is 6. The predicted octanol–water partition coefficient (Wildman–Crippen LogP) is 2.67. The van der Waals surface area contributed by atoms with Crippen LogP contribution in [0.3, 0.4) is 0 Å². The largest absolute Gasteiger partial charge is 0.494 e. The molecular formula is C23H24ClFN4O5S.